The minimum absolute atomic E-state index is 0.235. The first-order valence-electron chi connectivity index (χ1n) is 4.72. The molecule has 1 rings (SSSR count). The molecule has 0 fully saturated rings. The van der Waals surface area contributed by atoms with E-state index in [1.165, 1.54) is 5.56 Å². The van der Waals surface area contributed by atoms with Crippen LogP contribution >= 0.6 is 15.9 Å². The van der Waals surface area contributed by atoms with Crippen molar-refractivity contribution < 1.29 is 4.74 Å². The van der Waals surface area contributed by atoms with E-state index in [0.717, 1.165) is 23.1 Å². The van der Waals surface area contributed by atoms with Crippen LogP contribution in [0.4, 0.5) is 0 Å². The SMILES string of the molecule is COc1c(Br)cccc1CC[C@H](C)N. The molecule has 0 aliphatic rings. The second-order valence-electron chi connectivity index (χ2n) is 3.45. The van der Waals surface area contributed by atoms with E-state index in [-0.39, 0.29) is 6.04 Å². The summed E-state index contributed by atoms with van der Waals surface area (Å²) in [6, 6.07) is 6.31. The van der Waals surface area contributed by atoms with E-state index in [4.69, 9.17) is 10.5 Å². The zero-order chi connectivity index (χ0) is 10.6. The van der Waals surface area contributed by atoms with Crippen molar-refractivity contribution in [3.05, 3.63) is 28.2 Å². The van der Waals surface area contributed by atoms with E-state index in [2.05, 4.69) is 22.0 Å². The molecule has 0 bridgehead atoms. The molecule has 0 aromatic heterocycles. The fraction of sp³-hybridized carbons (Fsp3) is 0.455. The van der Waals surface area contributed by atoms with E-state index in [1.54, 1.807) is 7.11 Å². The Hall–Kier alpha value is -0.540. The Morgan fingerprint density at radius 2 is 2.21 bits per heavy atom. The number of hydrogen-bond acceptors (Lipinski definition) is 2. The maximum absolute atomic E-state index is 5.72. The quantitative estimate of drug-likeness (QED) is 0.901. The fourth-order valence-corrected chi connectivity index (χ4v) is 1.93. The standard InChI is InChI=1S/C11H16BrNO/c1-8(13)6-7-9-4-3-5-10(12)11(9)14-2/h3-5,8H,6-7,13H2,1-2H3/t8-/m0/s1. The van der Waals surface area contributed by atoms with Crippen LogP contribution in [0, 0.1) is 0 Å². The highest BCUT2D eigenvalue weighted by atomic mass is 79.9. The molecule has 1 atom stereocenters. The number of para-hydroxylation sites is 1. The van der Waals surface area contributed by atoms with Crippen molar-refractivity contribution in [2.75, 3.05) is 7.11 Å². The lowest BCUT2D eigenvalue weighted by molar-refractivity contribution is 0.406. The van der Waals surface area contributed by atoms with Gasteiger partial charge < -0.3 is 10.5 Å². The van der Waals surface area contributed by atoms with Crippen LogP contribution in [0.3, 0.4) is 0 Å². The van der Waals surface area contributed by atoms with Gasteiger partial charge in [-0.1, -0.05) is 12.1 Å². The minimum Gasteiger partial charge on any atom is -0.495 e. The molecule has 1 aromatic carbocycles. The summed E-state index contributed by atoms with van der Waals surface area (Å²) >= 11 is 3.46. The minimum atomic E-state index is 0.235. The van der Waals surface area contributed by atoms with Gasteiger partial charge in [0.05, 0.1) is 11.6 Å². The van der Waals surface area contributed by atoms with Gasteiger partial charge in [-0.25, -0.2) is 0 Å². The Labute approximate surface area is 93.6 Å². The van der Waals surface area contributed by atoms with Gasteiger partial charge in [-0.15, -0.1) is 0 Å². The lowest BCUT2D eigenvalue weighted by Crippen LogP contribution is -2.15. The Balaban J connectivity index is 2.80. The van der Waals surface area contributed by atoms with Gasteiger partial charge in [-0.05, 0) is 47.3 Å². The van der Waals surface area contributed by atoms with Crippen molar-refractivity contribution in [2.45, 2.75) is 25.8 Å². The summed E-state index contributed by atoms with van der Waals surface area (Å²) in [5.74, 6) is 0.924. The monoisotopic (exact) mass is 257 g/mol. The van der Waals surface area contributed by atoms with Crippen molar-refractivity contribution in [2.24, 2.45) is 5.73 Å². The van der Waals surface area contributed by atoms with Gasteiger partial charge in [-0.3, -0.25) is 0 Å². The molecule has 0 amide bonds. The smallest absolute Gasteiger partial charge is 0.136 e. The molecule has 0 unspecified atom stereocenters. The van der Waals surface area contributed by atoms with Gasteiger partial charge in [0.2, 0.25) is 0 Å². The molecule has 14 heavy (non-hydrogen) atoms. The number of ether oxygens (including phenoxy) is 1. The second-order valence-corrected chi connectivity index (χ2v) is 4.30. The van der Waals surface area contributed by atoms with Crippen LogP contribution in [0.25, 0.3) is 0 Å². The Bertz CT molecular complexity index is 299. The molecular formula is C11H16BrNO. The summed E-state index contributed by atoms with van der Waals surface area (Å²) in [6.07, 6.45) is 1.94. The van der Waals surface area contributed by atoms with E-state index < -0.39 is 0 Å². The predicted molar refractivity (Wildman–Crippen MR) is 62.7 cm³/mol. The van der Waals surface area contributed by atoms with Gasteiger partial charge in [0.25, 0.3) is 0 Å². The first-order chi connectivity index (χ1) is 6.65. The van der Waals surface area contributed by atoms with Crippen LogP contribution < -0.4 is 10.5 Å². The molecule has 0 spiro atoms. The zero-order valence-corrected chi connectivity index (χ0v) is 10.2. The fourth-order valence-electron chi connectivity index (χ4n) is 1.36. The molecule has 0 aliphatic heterocycles. The van der Waals surface area contributed by atoms with Crippen molar-refractivity contribution in [3.63, 3.8) is 0 Å². The average molecular weight is 258 g/mol. The van der Waals surface area contributed by atoms with Crippen LogP contribution in [0.1, 0.15) is 18.9 Å². The molecular weight excluding hydrogens is 242 g/mol. The number of nitrogens with two attached hydrogens (primary N) is 1. The molecule has 0 saturated heterocycles. The molecule has 3 heteroatoms. The van der Waals surface area contributed by atoms with E-state index in [9.17, 15) is 0 Å². The lowest BCUT2D eigenvalue weighted by atomic mass is 10.1. The molecule has 0 saturated carbocycles. The maximum atomic E-state index is 5.72. The van der Waals surface area contributed by atoms with Gasteiger partial charge in [0.1, 0.15) is 5.75 Å². The Morgan fingerprint density at radius 1 is 1.50 bits per heavy atom. The summed E-state index contributed by atoms with van der Waals surface area (Å²) in [6.45, 7) is 2.02. The molecule has 0 radical (unpaired) electrons. The number of halogens is 1. The molecule has 78 valence electrons. The molecule has 2 N–H and O–H groups in total. The normalized spacial score (nSPS) is 12.6. The maximum Gasteiger partial charge on any atom is 0.136 e. The molecule has 1 aromatic rings. The Morgan fingerprint density at radius 3 is 2.79 bits per heavy atom. The number of benzene rings is 1. The highest BCUT2D eigenvalue weighted by Crippen LogP contribution is 2.29. The van der Waals surface area contributed by atoms with Gasteiger partial charge in [0.15, 0.2) is 0 Å². The number of rotatable bonds is 4. The summed E-state index contributed by atoms with van der Waals surface area (Å²) in [5, 5.41) is 0. The molecule has 0 heterocycles. The second kappa shape index (κ2) is 5.37. The summed E-state index contributed by atoms with van der Waals surface area (Å²) in [7, 11) is 1.69. The van der Waals surface area contributed by atoms with E-state index >= 15 is 0 Å². The summed E-state index contributed by atoms with van der Waals surface area (Å²) < 4.78 is 6.32. The van der Waals surface area contributed by atoms with Crippen LogP contribution in [0.15, 0.2) is 22.7 Å². The summed E-state index contributed by atoms with van der Waals surface area (Å²) in [4.78, 5) is 0. The zero-order valence-electron chi connectivity index (χ0n) is 8.59. The first kappa shape index (κ1) is 11.5. The lowest BCUT2D eigenvalue weighted by Gasteiger charge is -2.11. The van der Waals surface area contributed by atoms with Crippen molar-refractivity contribution in [1.82, 2.24) is 0 Å². The summed E-state index contributed by atoms with van der Waals surface area (Å²) in [5.41, 5.74) is 6.92. The van der Waals surface area contributed by atoms with Gasteiger partial charge in [-0.2, -0.15) is 0 Å². The number of aryl methyl sites for hydroxylation is 1. The van der Waals surface area contributed by atoms with Crippen LogP contribution in [0.5, 0.6) is 5.75 Å². The van der Waals surface area contributed by atoms with Gasteiger partial charge >= 0.3 is 0 Å². The third kappa shape index (κ3) is 3.00. The first-order valence-corrected chi connectivity index (χ1v) is 5.51. The van der Waals surface area contributed by atoms with Crippen LogP contribution in [-0.4, -0.2) is 13.2 Å². The van der Waals surface area contributed by atoms with Crippen LogP contribution in [0.2, 0.25) is 0 Å². The van der Waals surface area contributed by atoms with Crippen LogP contribution in [-0.2, 0) is 6.42 Å². The number of methoxy groups -OCH3 is 1. The highest BCUT2D eigenvalue weighted by molar-refractivity contribution is 9.10. The highest BCUT2D eigenvalue weighted by Gasteiger charge is 2.07. The third-order valence-corrected chi connectivity index (χ3v) is 2.75. The topological polar surface area (TPSA) is 35.2 Å². The average Bonchev–Trinajstić information content (AvgIpc) is 2.14. The largest absolute Gasteiger partial charge is 0.495 e. The predicted octanol–water partition coefficient (Wildman–Crippen LogP) is 2.74. The van der Waals surface area contributed by atoms with E-state index in [0.29, 0.717) is 0 Å². The van der Waals surface area contributed by atoms with Crippen molar-refractivity contribution in [1.29, 1.82) is 0 Å². The van der Waals surface area contributed by atoms with Crippen molar-refractivity contribution >= 4 is 15.9 Å². The molecule has 0 aliphatic carbocycles. The van der Waals surface area contributed by atoms with E-state index in [1.807, 2.05) is 19.1 Å². The molecule has 2 nitrogen and oxygen atoms in total. The number of hydrogen-bond donors (Lipinski definition) is 1. The van der Waals surface area contributed by atoms with Crippen molar-refractivity contribution in [3.8, 4) is 5.75 Å². The van der Waals surface area contributed by atoms with Gasteiger partial charge in [0, 0.05) is 6.04 Å². The third-order valence-electron chi connectivity index (χ3n) is 2.12. The Kier molecular flexibility index (Phi) is 4.42.